The van der Waals surface area contributed by atoms with Crippen molar-refractivity contribution in [3.05, 3.63) is 83.6 Å². The van der Waals surface area contributed by atoms with Crippen molar-refractivity contribution in [3.63, 3.8) is 0 Å². The summed E-state index contributed by atoms with van der Waals surface area (Å²) in [6.07, 6.45) is -1.46. The van der Waals surface area contributed by atoms with Crippen LogP contribution < -0.4 is 4.74 Å². The van der Waals surface area contributed by atoms with Crippen LogP contribution in [0.2, 0.25) is 0 Å². The Morgan fingerprint density at radius 1 is 1.07 bits per heavy atom. The highest BCUT2D eigenvalue weighted by atomic mass is 19.4. The van der Waals surface area contributed by atoms with Crippen LogP contribution in [0.3, 0.4) is 0 Å². The smallest absolute Gasteiger partial charge is 0.416 e. The summed E-state index contributed by atoms with van der Waals surface area (Å²) in [4.78, 5) is 7.02. The summed E-state index contributed by atoms with van der Waals surface area (Å²) in [5.74, 6) is 0.130. The number of pyridine rings is 1. The van der Waals surface area contributed by atoms with Crippen LogP contribution >= 0.6 is 0 Å². The van der Waals surface area contributed by atoms with Crippen molar-refractivity contribution in [2.24, 2.45) is 0 Å². The third-order valence-corrected chi connectivity index (χ3v) is 4.68. The van der Waals surface area contributed by atoms with E-state index in [1.165, 1.54) is 18.3 Å². The van der Waals surface area contributed by atoms with Gasteiger partial charge < -0.3 is 9.72 Å². The van der Waals surface area contributed by atoms with Gasteiger partial charge in [-0.2, -0.15) is 13.2 Å². The van der Waals surface area contributed by atoms with Crippen molar-refractivity contribution in [1.82, 2.24) is 9.97 Å². The van der Waals surface area contributed by atoms with Gasteiger partial charge in [-0.3, -0.25) is 4.98 Å². The number of rotatable bonds is 4. The molecule has 0 atom stereocenters. The lowest BCUT2D eigenvalue weighted by Gasteiger charge is -2.10. The number of nitrogens with zero attached hydrogens (tertiary/aromatic N) is 1. The summed E-state index contributed by atoms with van der Waals surface area (Å²) in [6, 6.07) is 12.1. The molecule has 148 valence electrons. The second kappa shape index (κ2) is 7.24. The maximum atomic E-state index is 14.0. The Bertz CT molecular complexity index is 1160. The first-order valence-corrected chi connectivity index (χ1v) is 8.84. The molecule has 3 nitrogen and oxygen atoms in total. The minimum atomic E-state index is -4.36. The van der Waals surface area contributed by atoms with E-state index in [0.29, 0.717) is 27.9 Å². The molecule has 2 heterocycles. The number of alkyl halides is 3. The second-order valence-corrected chi connectivity index (χ2v) is 6.66. The largest absolute Gasteiger partial charge is 0.489 e. The van der Waals surface area contributed by atoms with E-state index in [4.69, 9.17) is 4.74 Å². The van der Waals surface area contributed by atoms with Gasteiger partial charge in [0.2, 0.25) is 0 Å². The first-order chi connectivity index (χ1) is 13.8. The van der Waals surface area contributed by atoms with Gasteiger partial charge in [-0.15, -0.1) is 0 Å². The van der Waals surface area contributed by atoms with Gasteiger partial charge in [-0.25, -0.2) is 4.39 Å². The Morgan fingerprint density at radius 2 is 1.83 bits per heavy atom. The molecule has 2 aromatic heterocycles. The normalized spacial score (nSPS) is 11.8. The fourth-order valence-electron chi connectivity index (χ4n) is 3.21. The first-order valence-electron chi connectivity index (χ1n) is 8.84. The molecule has 29 heavy (non-hydrogen) atoms. The molecule has 4 rings (SSSR count). The summed E-state index contributed by atoms with van der Waals surface area (Å²) >= 11 is 0. The van der Waals surface area contributed by atoms with Crippen LogP contribution in [-0.4, -0.2) is 9.97 Å². The minimum Gasteiger partial charge on any atom is -0.489 e. The van der Waals surface area contributed by atoms with E-state index in [0.717, 1.165) is 23.3 Å². The van der Waals surface area contributed by atoms with Gasteiger partial charge in [-0.05, 0) is 42.3 Å². The maximum absolute atomic E-state index is 14.0. The molecule has 0 unspecified atom stereocenters. The Balaban J connectivity index is 1.56. The molecule has 4 aromatic rings. The van der Waals surface area contributed by atoms with E-state index in [-0.39, 0.29) is 6.61 Å². The number of aromatic nitrogens is 2. The third-order valence-electron chi connectivity index (χ3n) is 4.68. The zero-order valence-electron chi connectivity index (χ0n) is 15.3. The van der Waals surface area contributed by atoms with Crippen LogP contribution in [0.1, 0.15) is 16.8 Å². The molecule has 0 saturated carbocycles. The van der Waals surface area contributed by atoms with Crippen LogP contribution in [0.15, 0.2) is 60.9 Å². The van der Waals surface area contributed by atoms with Crippen LogP contribution in [0, 0.1) is 12.7 Å². The highest BCUT2D eigenvalue weighted by molar-refractivity contribution is 5.97. The van der Waals surface area contributed by atoms with Crippen LogP contribution in [0.5, 0.6) is 5.75 Å². The highest BCUT2D eigenvalue weighted by Gasteiger charge is 2.29. The van der Waals surface area contributed by atoms with Crippen LogP contribution in [0.25, 0.3) is 22.0 Å². The van der Waals surface area contributed by atoms with E-state index in [1.807, 2.05) is 13.0 Å². The maximum Gasteiger partial charge on any atom is 0.416 e. The molecule has 1 N–H and O–H groups in total. The predicted octanol–water partition coefficient (Wildman–Crippen LogP) is 6.28. The molecular formula is C22H16F4N2O. The Labute approximate surface area is 164 Å². The quantitative estimate of drug-likeness (QED) is 0.410. The van der Waals surface area contributed by atoms with Crippen molar-refractivity contribution in [1.29, 1.82) is 0 Å². The summed E-state index contributed by atoms with van der Waals surface area (Å²) in [6.45, 7) is 1.94. The number of ether oxygens (including phenoxy) is 1. The third kappa shape index (κ3) is 3.81. The molecule has 0 radical (unpaired) electrons. The summed E-state index contributed by atoms with van der Waals surface area (Å²) < 4.78 is 57.7. The summed E-state index contributed by atoms with van der Waals surface area (Å²) in [5.41, 5.74) is 2.63. The van der Waals surface area contributed by atoms with Crippen molar-refractivity contribution in [2.45, 2.75) is 19.7 Å². The van der Waals surface area contributed by atoms with Crippen LogP contribution in [0.4, 0.5) is 17.6 Å². The average Bonchev–Trinajstić information content (AvgIpc) is 3.16. The summed E-state index contributed by atoms with van der Waals surface area (Å²) in [5, 5.41) is 0.699. The average molecular weight is 400 g/mol. The van der Waals surface area contributed by atoms with E-state index in [1.54, 1.807) is 24.4 Å². The molecule has 7 heteroatoms. The number of hydrogen-bond donors (Lipinski definition) is 1. The topological polar surface area (TPSA) is 37.9 Å². The number of fused-ring (bicyclic) bond motifs is 1. The van der Waals surface area contributed by atoms with E-state index in [2.05, 4.69) is 9.97 Å². The summed E-state index contributed by atoms with van der Waals surface area (Å²) in [7, 11) is 0. The Hall–Kier alpha value is -3.35. The van der Waals surface area contributed by atoms with Gasteiger partial charge in [0.15, 0.2) is 5.82 Å². The number of H-pyrrole nitrogens is 1. The number of aromatic amines is 1. The molecule has 0 aliphatic heterocycles. The number of hydrogen-bond acceptors (Lipinski definition) is 2. The molecule has 0 aliphatic rings. The molecule has 2 aromatic carbocycles. The van der Waals surface area contributed by atoms with E-state index >= 15 is 0 Å². The molecule has 0 aliphatic carbocycles. The Morgan fingerprint density at radius 3 is 2.55 bits per heavy atom. The fraction of sp³-hybridized carbons (Fsp3) is 0.136. The molecule has 0 bridgehead atoms. The zero-order valence-corrected chi connectivity index (χ0v) is 15.3. The number of halogens is 4. The number of nitrogens with one attached hydrogen (secondary N) is 1. The molecule has 0 amide bonds. The number of benzene rings is 2. The first kappa shape index (κ1) is 19.0. The number of aryl methyl sites for hydroxylation is 1. The standard InChI is InChI=1S/C22H16F4N2O/c1-13-20-18(10-28-21(20)19(23)11-27-13)15-3-2-4-17(9-15)29-12-14-5-7-16(8-6-14)22(24,25)26/h2-11,28H,12H2,1H3. The molecule has 0 fully saturated rings. The lowest BCUT2D eigenvalue weighted by molar-refractivity contribution is -0.137. The van der Waals surface area contributed by atoms with Gasteiger partial charge in [-0.1, -0.05) is 24.3 Å². The monoisotopic (exact) mass is 400 g/mol. The second-order valence-electron chi connectivity index (χ2n) is 6.66. The SMILES string of the molecule is Cc1ncc(F)c2[nH]cc(-c3cccc(OCc4ccc(C(F)(F)F)cc4)c3)c12. The van der Waals surface area contributed by atoms with Crippen molar-refractivity contribution in [3.8, 4) is 16.9 Å². The van der Waals surface area contributed by atoms with Gasteiger partial charge in [0.25, 0.3) is 0 Å². The van der Waals surface area contributed by atoms with Crippen molar-refractivity contribution < 1.29 is 22.3 Å². The zero-order chi connectivity index (χ0) is 20.6. The molecule has 0 saturated heterocycles. The van der Waals surface area contributed by atoms with Gasteiger partial charge >= 0.3 is 6.18 Å². The van der Waals surface area contributed by atoms with E-state index < -0.39 is 17.6 Å². The van der Waals surface area contributed by atoms with Gasteiger partial charge in [0.1, 0.15) is 12.4 Å². The molecular weight excluding hydrogens is 384 g/mol. The lowest BCUT2D eigenvalue weighted by Crippen LogP contribution is -2.05. The molecule has 0 spiro atoms. The van der Waals surface area contributed by atoms with Crippen molar-refractivity contribution in [2.75, 3.05) is 0 Å². The lowest BCUT2D eigenvalue weighted by atomic mass is 10.0. The predicted molar refractivity (Wildman–Crippen MR) is 102 cm³/mol. The van der Waals surface area contributed by atoms with Crippen molar-refractivity contribution >= 4 is 10.9 Å². The van der Waals surface area contributed by atoms with Gasteiger partial charge in [0.05, 0.1) is 17.3 Å². The van der Waals surface area contributed by atoms with Crippen LogP contribution in [-0.2, 0) is 12.8 Å². The van der Waals surface area contributed by atoms with Gasteiger partial charge in [0, 0.05) is 22.8 Å². The Kier molecular flexibility index (Phi) is 4.74. The minimum absolute atomic E-state index is 0.130. The fourth-order valence-corrected chi connectivity index (χ4v) is 3.21. The van der Waals surface area contributed by atoms with E-state index in [9.17, 15) is 17.6 Å². The highest BCUT2D eigenvalue weighted by Crippen LogP contribution is 2.33.